The third-order valence-electron chi connectivity index (χ3n) is 3.92. The Kier molecular flexibility index (Phi) is 4.29. The predicted molar refractivity (Wildman–Crippen MR) is 85.2 cm³/mol. The minimum atomic E-state index is -0.0666. The summed E-state index contributed by atoms with van der Waals surface area (Å²) in [6.07, 6.45) is 5.08. The number of pyridine rings is 1. The van der Waals surface area contributed by atoms with E-state index in [1.54, 1.807) is 30.2 Å². The molecule has 6 nitrogen and oxygen atoms in total. The number of amides is 1. The highest BCUT2D eigenvalue weighted by Gasteiger charge is 2.22. The highest BCUT2D eigenvalue weighted by atomic mass is 35.5. The van der Waals surface area contributed by atoms with Crippen molar-refractivity contribution in [1.82, 2.24) is 20.1 Å². The Bertz CT molecular complexity index is 646. The van der Waals surface area contributed by atoms with Crippen molar-refractivity contribution in [1.29, 1.82) is 0 Å². The molecule has 116 valence electrons. The summed E-state index contributed by atoms with van der Waals surface area (Å²) in [6, 6.07) is 5.69. The summed E-state index contributed by atoms with van der Waals surface area (Å²) in [4.78, 5) is 18.7. The van der Waals surface area contributed by atoms with Crippen molar-refractivity contribution < 1.29 is 4.79 Å². The Balaban J connectivity index is 1.55. The first-order valence-corrected chi connectivity index (χ1v) is 7.66. The number of aryl methyl sites for hydroxylation is 1. The lowest BCUT2D eigenvalue weighted by Crippen LogP contribution is -2.45. The van der Waals surface area contributed by atoms with Gasteiger partial charge in [0, 0.05) is 38.6 Å². The van der Waals surface area contributed by atoms with E-state index in [0.717, 1.165) is 31.7 Å². The number of nitrogens with zero attached hydrogens (tertiary/aromatic N) is 4. The van der Waals surface area contributed by atoms with Crippen molar-refractivity contribution in [3.8, 4) is 0 Å². The van der Waals surface area contributed by atoms with E-state index in [1.807, 2.05) is 12.1 Å². The van der Waals surface area contributed by atoms with Crippen LogP contribution in [0.25, 0.3) is 0 Å². The number of carbonyl (C=O) groups excluding carboxylic acids is 1. The second kappa shape index (κ2) is 6.36. The zero-order valence-corrected chi connectivity index (χ0v) is 13.1. The van der Waals surface area contributed by atoms with Crippen LogP contribution in [0.3, 0.4) is 0 Å². The molecule has 1 fully saturated rings. The molecule has 1 amide bonds. The fraction of sp³-hybridized carbons (Fsp3) is 0.400. The van der Waals surface area contributed by atoms with E-state index in [0.29, 0.717) is 10.7 Å². The SMILES string of the molecule is Cn1nccc1C(=O)NC1CCN(c2ccc(Cl)cn2)CC1. The largest absolute Gasteiger partial charge is 0.356 e. The summed E-state index contributed by atoms with van der Waals surface area (Å²) < 4.78 is 1.59. The van der Waals surface area contributed by atoms with E-state index in [2.05, 4.69) is 20.3 Å². The van der Waals surface area contributed by atoms with E-state index in [1.165, 1.54) is 0 Å². The molecule has 3 heterocycles. The number of carbonyl (C=O) groups is 1. The molecule has 1 saturated heterocycles. The second-order valence-electron chi connectivity index (χ2n) is 5.41. The van der Waals surface area contributed by atoms with Gasteiger partial charge in [0.15, 0.2) is 0 Å². The van der Waals surface area contributed by atoms with Gasteiger partial charge in [0.05, 0.1) is 5.02 Å². The molecule has 22 heavy (non-hydrogen) atoms. The molecular formula is C15H18ClN5O. The molecule has 2 aromatic rings. The number of anilines is 1. The Morgan fingerprint density at radius 1 is 1.32 bits per heavy atom. The molecule has 0 saturated carbocycles. The molecule has 0 atom stereocenters. The summed E-state index contributed by atoms with van der Waals surface area (Å²) in [5.74, 6) is 0.865. The zero-order chi connectivity index (χ0) is 15.5. The summed E-state index contributed by atoms with van der Waals surface area (Å²) in [5, 5.41) is 7.73. The molecule has 0 aliphatic carbocycles. The van der Waals surface area contributed by atoms with Gasteiger partial charge in [-0.15, -0.1) is 0 Å². The molecule has 0 spiro atoms. The topological polar surface area (TPSA) is 63.1 Å². The highest BCUT2D eigenvalue weighted by molar-refractivity contribution is 6.30. The van der Waals surface area contributed by atoms with Gasteiger partial charge >= 0.3 is 0 Å². The fourth-order valence-electron chi connectivity index (χ4n) is 2.66. The van der Waals surface area contributed by atoms with E-state index in [4.69, 9.17) is 11.6 Å². The van der Waals surface area contributed by atoms with Crippen LogP contribution in [0.4, 0.5) is 5.82 Å². The normalized spacial score (nSPS) is 15.8. The molecule has 0 radical (unpaired) electrons. The maximum absolute atomic E-state index is 12.2. The van der Waals surface area contributed by atoms with E-state index in [9.17, 15) is 4.79 Å². The van der Waals surface area contributed by atoms with Crippen molar-refractivity contribution in [3.05, 3.63) is 41.3 Å². The number of piperidine rings is 1. The number of aromatic nitrogens is 3. The third-order valence-corrected chi connectivity index (χ3v) is 4.14. The van der Waals surface area contributed by atoms with Crippen LogP contribution < -0.4 is 10.2 Å². The number of rotatable bonds is 3. The lowest BCUT2D eigenvalue weighted by Gasteiger charge is -2.33. The van der Waals surface area contributed by atoms with Gasteiger partial charge in [-0.05, 0) is 31.0 Å². The van der Waals surface area contributed by atoms with Crippen molar-refractivity contribution in [2.24, 2.45) is 7.05 Å². The van der Waals surface area contributed by atoms with Gasteiger partial charge in [0.2, 0.25) is 0 Å². The van der Waals surface area contributed by atoms with Gasteiger partial charge in [-0.2, -0.15) is 5.10 Å². The molecule has 1 aliphatic rings. The van der Waals surface area contributed by atoms with Crippen LogP contribution in [0.15, 0.2) is 30.6 Å². The Morgan fingerprint density at radius 2 is 2.09 bits per heavy atom. The second-order valence-corrected chi connectivity index (χ2v) is 5.85. The highest BCUT2D eigenvalue weighted by Crippen LogP contribution is 2.19. The fourth-order valence-corrected chi connectivity index (χ4v) is 2.78. The molecule has 0 aromatic carbocycles. The van der Waals surface area contributed by atoms with Gasteiger partial charge in [-0.1, -0.05) is 11.6 Å². The van der Waals surface area contributed by atoms with Crippen molar-refractivity contribution in [2.45, 2.75) is 18.9 Å². The van der Waals surface area contributed by atoms with Crippen LogP contribution in [0.2, 0.25) is 5.02 Å². The molecule has 1 aliphatic heterocycles. The molecule has 1 N–H and O–H groups in total. The van der Waals surface area contributed by atoms with Crippen LogP contribution in [-0.4, -0.2) is 39.8 Å². The minimum absolute atomic E-state index is 0.0666. The first-order valence-electron chi connectivity index (χ1n) is 7.29. The van der Waals surface area contributed by atoms with E-state index < -0.39 is 0 Å². The number of hydrogen-bond acceptors (Lipinski definition) is 4. The predicted octanol–water partition coefficient (Wildman–Crippen LogP) is 1.87. The van der Waals surface area contributed by atoms with Crippen LogP contribution >= 0.6 is 11.6 Å². The first-order chi connectivity index (χ1) is 10.6. The van der Waals surface area contributed by atoms with Crippen LogP contribution in [0, 0.1) is 0 Å². The monoisotopic (exact) mass is 319 g/mol. The zero-order valence-electron chi connectivity index (χ0n) is 12.4. The summed E-state index contributed by atoms with van der Waals surface area (Å²) >= 11 is 5.86. The van der Waals surface area contributed by atoms with E-state index >= 15 is 0 Å². The average molecular weight is 320 g/mol. The lowest BCUT2D eigenvalue weighted by atomic mass is 10.0. The quantitative estimate of drug-likeness (QED) is 0.938. The maximum Gasteiger partial charge on any atom is 0.269 e. The maximum atomic E-state index is 12.2. The van der Waals surface area contributed by atoms with Crippen LogP contribution in [0.1, 0.15) is 23.3 Å². The Hall–Kier alpha value is -2.08. The molecule has 0 bridgehead atoms. The molecule has 7 heteroatoms. The smallest absolute Gasteiger partial charge is 0.269 e. The van der Waals surface area contributed by atoms with Gasteiger partial charge in [0.1, 0.15) is 11.5 Å². The summed E-state index contributed by atoms with van der Waals surface area (Å²) in [5.41, 5.74) is 0.585. The van der Waals surface area contributed by atoms with E-state index in [-0.39, 0.29) is 11.9 Å². The van der Waals surface area contributed by atoms with Gasteiger partial charge in [-0.3, -0.25) is 9.48 Å². The molecule has 2 aromatic heterocycles. The Labute approximate surface area is 134 Å². The van der Waals surface area contributed by atoms with Crippen molar-refractivity contribution in [3.63, 3.8) is 0 Å². The van der Waals surface area contributed by atoms with Gasteiger partial charge < -0.3 is 10.2 Å². The summed E-state index contributed by atoms with van der Waals surface area (Å²) in [7, 11) is 1.77. The van der Waals surface area contributed by atoms with Gasteiger partial charge in [0.25, 0.3) is 5.91 Å². The number of nitrogens with one attached hydrogen (secondary N) is 1. The standard InChI is InChI=1S/C15H18ClN5O/c1-20-13(4-7-18-20)15(22)19-12-5-8-21(9-6-12)14-3-2-11(16)10-17-14/h2-4,7,10,12H,5-6,8-9H2,1H3,(H,19,22). The average Bonchev–Trinajstić information content (AvgIpc) is 2.95. The minimum Gasteiger partial charge on any atom is -0.356 e. The van der Waals surface area contributed by atoms with Crippen molar-refractivity contribution in [2.75, 3.05) is 18.0 Å². The Morgan fingerprint density at radius 3 is 2.68 bits per heavy atom. The third kappa shape index (κ3) is 3.22. The van der Waals surface area contributed by atoms with Crippen molar-refractivity contribution >= 4 is 23.3 Å². The molecule has 0 unspecified atom stereocenters. The van der Waals surface area contributed by atoms with Crippen LogP contribution in [0.5, 0.6) is 0 Å². The molecule has 3 rings (SSSR count). The summed E-state index contributed by atoms with van der Waals surface area (Å²) in [6.45, 7) is 1.73. The van der Waals surface area contributed by atoms with Crippen LogP contribution in [-0.2, 0) is 7.05 Å². The van der Waals surface area contributed by atoms with Gasteiger partial charge in [-0.25, -0.2) is 4.98 Å². The lowest BCUT2D eigenvalue weighted by molar-refractivity contribution is 0.0921. The molecular weight excluding hydrogens is 302 g/mol. The first kappa shape index (κ1) is 14.8. The number of halogens is 1. The number of hydrogen-bond donors (Lipinski definition) is 1.